The Bertz CT molecular complexity index is 339. The van der Waals surface area contributed by atoms with Crippen LogP contribution in [0.25, 0.3) is 6.08 Å². The van der Waals surface area contributed by atoms with Crippen LogP contribution in [0.2, 0.25) is 0 Å². The van der Waals surface area contributed by atoms with Gasteiger partial charge in [-0.15, -0.1) is 0 Å². The first kappa shape index (κ1) is 10.5. The van der Waals surface area contributed by atoms with E-state index in [1.54, 1.807) is 6.92 Å². The minimum absolute atomic E-state index is 0.0823. The van der Waals surface area contributed by atoms with Gasteiger partial charge in [-0.05, 0) is 11.6 Å². The van der Waals surface area contributed by atoms with E-state index >= 15 is 0 Å². The quantitative estimate of drug-likeness (QED) is 0.679. The molecule has 0 aliphatic heterocycles. The molecule has 0 saturated heterocycles. The summed E-state index contributed by atoms with van der Waals surface area (Å²) in [5.41, 5.74) is 1.77. The standard InChI is InChI=1S/C12H15NO/c1-10(14)12(13(2)3)9-11-7-5-4-6-8-11/h4-9H,1-3H3/b12-9-. The lowest BCUT2D eigenvalue weighted by molar-refractivity contribution is -0.114. The Morgan fingerprint density at radius 3 is 2.21 bits per heavy atom. The van der Waals surface area contributed by atoms with Crippen LogP contribution < -0.4 is 0 Å². The van der Waals surface area contributed by atoms with Crippen molar-refractivity contribution in [2.24, 2.45) is 0 Å². The maximum Gasteiger partial charge on any atom is 0.175 e. The second-order valence-corrected chi connectivity index (χ2v) is 3.39. The number of carbonyl (C=O) groups excluding carboxylic acids is 1. The average Bonchev–Trinajstić information content (AvgIpc) is 2.15. The van der Waals surface area contributed by atoms with Crippen molar-refractivity contribution in [1.29, 1.82) is 0 Å². The minimum Gasteiger partial charge on any atom is -0.375 e. The summed E-state index contributed by atoms with van der Waals surface area (Å²) in [5.74, 6) is 0.0823. The monoisotopic (exact) mass is 189 g/mol. The average molecular weight is 189 g/mol. The molecule has 0 radical (unpaired) electrons. The first-order chi connectivity index (χ1) is 6.61. The molecule has 0 saturated carbocycles. The molecule has 0 unspecified atom stereocenters. The third kappa shape index (κ3) is 2.73. The van der Waals surface area contributed by atoms with Gasteiger partial charge in [0, 0.05) is 21.0 Å². The van der Waals surface area contributed by atoms with Crippen molar-refractivity contribution in [3.05, 3.63) is 41.6 Å². The minimum atomic E-state index is 0.0823. The van der Waals surface area contributed by atoms with Crippen LogP contribution in [0, 0.1) is 0 Å². The summed E-state index contributed by atoms with van der Waals surface area (Å²) in [6, 6.07) is 9.83. The van der Waals surface area contributed by atoms with Gasteiger partial charge in [0.2, 0.25) is 0 Å². The Morgan fingerprint density at radius 2 is 1.79 bits per heavy atom. The van der Waals surface area contributed by atoms with Gasteiger partial charge < -0.3 is 4.90 Å². The zero-order valence-electron chi connectivity index (χ0n) is 8.82. The third-order valence-corrected chi connectivity index (χ3v) is 1.95. The molecule has 0 heterocycles. The van der Waals surface area contributed by atoms with Crippen molar-refractivity contribution < 1.29 is 4.79 Å². The van der Waals surface area contributed by atoms with E-state index in [0.29, 0.717) is 0 Å². The fraction of sp³-hybridized carbons (Fsp3) is 0.250. The number of likely N-dealkylation sites (N-methyl/N-ethyl adjacent to an activating group) is 1. The first-order valence-electron chi connectivity index (χ1n) is 4.56. The van der Waals surface area contributed by atoms with Gasteiger partial charge in [-0.3, -0.25) is 4.79 Å². The first-order valence-corrected chi connectivity index (χ1v) is 4.56. The fourth-order valence-electron chi connectivity index (χ4n) is 1.25. The molecule has 0 aromatic heterocycles. The van der Waals surface area contributed by atoms with Crippen LogP contribution in [0.1, 0.15) is 12.5 Å². The van der Waals surface area contributed by atoms with Gasteiger partial charge >= 0.3 is 0 Å². The lowest BCUT2D eigenvalue weighted by Gasteiger charge is -2.14. The molecule has 0 amide bonds. The fourth-order valence-corrected chi connectivity index (χ4v) is 1.25. The maximum absolute atomic E-state index is 11.3. The number of hydrogen-bond donors (Lipinski definition) is 0. The molecule has 2 nitrogen and oxygen atoms in total. The molecular weight excluding hydrogens is 174 g/mol. The van der Waals surface area contributed by atoms with Crippen molar-refractivity contribution >= 4 is 11.9 Å². The smallest absolute Gasteiger partial charge is 0.175 e. The SMILES string of the molecule is CC(=O)/C(=C/c1ccccc1)N(C)C. The highest BCUT2D eigenvalue weighted by atomic mass is 16.1. The van der Waals surface area contributed by atoms with E-state index in [1.165, 1.54) is 0 Å². The number of rotatable bonds is 3. The molecule has 0 aliphatic carbocycles. The lowest BCUT2D eigenvalue weighted by Crippen LogP contribution is -2.16. The zero-order chi connectivity index (χ0) is 10.6. The Balaban J connectivity index is 3.00. The highest BCUT2D eigenvalue weighted by Gasteiger charge is 2.05. The largest absolute Gasteiger partial charge is 0.375 e. The van der Waals surface area contributed by atoms with Crippen LogP contribution in [0.3, 0.4) is 0 Å². The number of carbonyl (C=O) groups is 1. The zero-order valence-corrected chi connectivity index (χ0v) is 8.82. The van der Waals surface area contributed by atoms with Gasteiger partial charge in [0.25, 0.3) is 0 Å². The second-order valence-electron chi connectivity index (χ2n) is 3.39. The molecular formula is C12H15NO. The van der Waals surface area contributed by atoms with E-state index in [-0.39, 0.29) is 5.78 Å². The summed E-state index contributed by atoms with van der Waals surface area (Å²) in [4.78, 5) is 13.1. The number of benzene rings is 1. The highest BCUT2D eigenvalue weighted by Crippen LogP contribution is 2.08. The molecule has 1 aromatic rings. The molecule has 0 atom stereocenters. The summed E-state index contributed by atoms with van der Waals surface area (Å²) in [5, 5.41) is 0. The van der Waals surface area contributed by atoms with E-state index in [4.69, 9.17) is 0 Å². The number of Topliss-reactive ketones (excluding diaryl/α,β-unsaturated/α-hetero) is 1. The molecule has 14 heavy (non-hydrogen) atoms. The molecule has 0 spiro atoms. The van der Waals surface area contributed by atoms with Crippen LogP contribution >= 0.6 is 0 Å². The maximum atomic E-state index is 11.3. The Morgan fingerprint density at radius 1 is 1.21 bits per heavy atom. The van der Waals surface area contributed by atoms with E-state index in [2.05, 4.69) is 0 Å². The van der Waals surface area contributed by atoms with Crippen molar-refractivity contribution in [1.82, 2.24) is 4.90 Å². The van der Waals surface area contributed by atoms with E-state index in [9.17, 15) is 4.79 Å². The highest BCUT2D eigenvalue weighted by molar-refractivity contribution is 5.96. The Labute approximate surface area is 84.9 Å². The molecule has 0 aliphatic rings. The third-order valence-electron chi connectivity index (χ3n) is 1.95. The molecule has 0 bridgehead atoms. The van der Waals surface area contributed by atoms with E-state index in [0.717, 1.165) is 11.3 Å². The van der Waals surface area contributed by atoms with Crippen LogP contribution in [0.5, 0.6) is 0 Å². The normalized spacial score (nSPS) is 11.2. The summed E-state index contributed by atoms with van der Waals surface area (Å²) in [6.07, 6.45) is 1.89. The molecule has 1 aromatic carbocycles. The summed E-state index contributed by atoms with van der Waals surface area (Å²) in [7, 11) is 3.74. The van der Waals surface area contributed by atoms with Crippen LogP contribution in [0.4, 0.5) is 0 Å². The number of ketones is 1. The molecule has 0 fully saturated rings. The molecule has 74 valence electrons. The lowest BCUT2D eigenvalue weighted by atomic mass is 10.1. The van der Waals surface area contributed by atoms with Gasteiger partial charge in [0.15, 0.2) is 5.78 Å². The topological polar surface area (TPSA) is 20.3 Å². The summed E-state index contributed by atoms with van der Waals surface area (Å²) in [6.45, 7) is 1.58. The van der Waals surface area contributed by atoms with Gasteiger partial charge in [0.05, 0.1) is 5.70 Å². The predicted octanol–water partition coefficient (Wildman–Crippen LogP) is 2.18. The predicted molar refractivity (Wildman–Crippen MR) is 58.8 cm³/mol. The van der Waals surface area contributed by atoms with Crippen molar-refractivity contribution in [3.8, 4) is 0 Å². The van der Waals surface area contributed by atoms with Crippen molar-refractivity contribution in [2.75, 3.05) is 14.1 Å². The summed E-state index contributed by atoms with van der Waals surface area (Å²) >= 11 is 0. The Kier molecular flexibility index (Phi) is 3.46. The van der Waals surface area contributed by atoms with Crippen LogP contribution in [0.15, 0.2) is 36.0 Å². The molecule has 1 rings (SSSR count). The second kappa shape index (κ2) is 4.61. The van der Waals surface area contributed by atoms with Gasteiger partial charge in [-0.1, -0.05) is 30.3 Å². The van der Waals surface area contributed by atoms with E-state index in [1.807, 2.05) is 55.4 Å². The number of allylic oxidation sites excluding steroid dienone is 1. The van der Waals surface area contributed by atoms with Gasteiger partial charge in [-0.2, -0.15) is 0 Å². The number of nitrogens with zero attached hydrogens (tertiary/aromatic N) is 1. The van der Waals surface area contributed by atoms with Crippen molar-refractivity contribution in [3.63, 3.8) is 0 Å². The molecule has 2 heteroatoms. The van der Waals surface area contributed by atoms with Crippen LogP contribution in [-0.4, -0.2) is 24.8 Å². The van der Waals surface area contributed by atoms with Crippen LogP contribution in [-0.2, 0) is 4.79 Å². The number of hydrogen-bond acceptors (Lipinski definition) is 2. The van der Waals surface area contributed by atoms with Gasteiger partial charge in [0.1, 0.15) is 0 Å². The van der Waals surface area contributed by atoms with Gasteiger partial charge in [-0.25, -0.2) is 0 Å². The van der Waals surface area contributed by atoms with E-state index < -0.39 is 0 Å². The molecule has 0 N–H and O–H groups in total. The summed E-state index contributed by atoms with van der Waals surface area (Å²) < 4.78 is 0. The van der Waals surface area contributed by atoms with Crippen molar-refractivity contribution in [2.45, 2.75) is 6.92 Å². The Hall–Kier alpha value is -1.57.